The number of nitrogens with one attached hydrogen (secondary N) is 1. The van der Waals surface area contributed by atoms with Crippen molar-refractivity contribution in [1.29, 1.82) is 0 Å². The van der Waals surface area contributed by atoms with Gasteiger partial charge in [0.25, 0.3) is 0 Å². The summed E-state index contributed by atoms with van der Waals surface area (Å²) in [5, 5.41) is 3.04. The molecule has 0 rings (SSSR count). The van der Waals surface area contributed by atoms with Gasteiger partial charge in [0, 0.05) is 12.8 Å². The topological polar surface area (TPSA) is 111 Å². The molecule has 1 amide bonds. The molecule has 0 spiro atoms. The second-order valence-corrected chi connectivity index (χ2v) is 21.6. The van der Waals surface area contributed by atoms with Crippen molar-refractivity contribution in [3.63, 3.8) is 0 Å². The van der Waals surface area contributed by atoms with E-state index in [1.807, 2.05) is 33.3 Å². The van der Waals surface area contributed by atoms with E-state index in [0.717, 1.165) is 70.6 Å². The molecule has 0 saturated carbocycles. The maximum Gasteiger partial charge on any atom is 0.472 e. The van der Waals surface area contributed by atoms with Gasteiger partial charge in [-0.3, -0.25) is 18.6 Å². The third kappa shape index (κ3) is 47.4. The van der Waals surface area contributed by atoms with Crippen molar-refractivity contribution in [3.05, 3.63) is 24.3 Å². The molecule has 0 aliphatic carbocycles. The minimum atomic E-state index is -4.44. The van der Waals surface area contributed by atoms with Gasteiger partial charge < -0.3 is 19.4 Å². The molecule has 2 N–H and O–H groups in total. The Labute approximate surface area is 403 Å². The maximum atomic E-state index is 13.5. The zero-order chi connectivity index (χ0) is 48.0. The van der Waals surface area contributed by atoms with E-state index in [2.05, 4.69) is 38.2 Å². The van der Waals surface area contributed by atoms with Crippen LogP contribution >= 0.6 is 7.82 Å². The van der Waals surface area contributed by atoms with Crippen molar-refractivity contribution in [2.75, 3.05) is 40.9 Å². The van der Waals surface area contributed by atoms with Crippen molar-refractivity contribution >= 4 is 19.7 Å². The Hall–Kier alpha value is -1.51. The smallest absolute Gasteiger partial charge is 0.456 e. The third-order valence-electron chi connectivity index (χ3n) is 12.4. The SMILES string of the molecule is CCCCCCCC/C=C\CCCCCC(=O)OC(/C=C/CCCCCCCCCCCC)C(COP(=O)(O)OCC[N+](C)(C)C)NC(=O)CCCCCCCCCCCCCCCC. The van der Waals surface area contributed by atoms with Gasteiger partial charge in [0.05, 0.1) is 33.8 Å². The molecule has 3 unspecified atom stereocenters. The minimum Gasteiger partial charge on any atom is -0.456 e. The predicted octanol–water partition coefficient (Wildman–Crippen LogP) is 16.2. The zero-order valence-electron chi connectivity index (χ0n) is 43.7. The molecule has 384 valence electrons. The molecular weight excluding hydrogens is 832 g/mol. The highest BCUT2D eigenvalue weighted by Gasteiger charge is 2.30. The first-order valence-corrected chi connectivity index (χ1v) is 29.2. The second kappa shape index (κ2) is 46.2. The molecule has 9 nitrogen and oxygen atoms in total. The van der Waals surface area contributed by atoms with Crippen LogP contribution in [0.1, 0.15) is 265 Å². The molecule has 0 saturated heterocycles. The first-order chi connectivity index (χ1) is 31.4. The molecule has 3 atom stereocenters. The molecular formula is C55H108N2O7P+. The van der Waals surface area contributed by atoms with Crippen molar-refractivity contribution < 1.29 is 37.3 Å². The summed E-state index contributed by atoms with van der Waals surface area (Å²) in [6.45, 7) is 7.01. The van der Waals surface area contributed by atoms with E-state index < -0.39 is 20.0 Å². The van der Waals surface area contributed by atoms with E-state index in [1.54, 1.807) is 0 Å². The zero-order valence-corrected chi connectivity index (χ0v) is 44.6. The Morgan fingerprint density at radius 3 is 1.32 bits per heavy atom. The number of likely N-dealkylation sites (N-methyl/N-ethyl adjacent to an activating group) is 1. The highest BCUT2D eigenvalue weighted by molar-refractivity contribution is 7.47. The molecule has 0 radical (unpaired) electrons. The van der Waals surface area contributed by atoms with E-state index in [-0.39, 0.29) is 31.5 Å². The summed E-state index contributed by atoms with van der Waals surface area (Å²) in [4.78, 5) is 37.5. The van der Waals surface area contributed by atoms with Crippen LogP contribution in [0, 0.1) is 0 Å². The first-order valence-electron chi connectivity index (χ1n) is 27.7. The average Bonchev–Trinajstić information content (AvgIpc) is 3.26. The van der Waals surface area contributed by atoms with E-state index in [4.69, 9.17) is 13.8 Å². The number of phosphoric acid groups is 1. The Kier molecular flexibility index (Phi) is 45.2. The molecule has 0 aromatic carbocycles. The van der Waals surface area contributed by atoms with Crippen LogP contribution in [0.5, 0.6) is 0 Å². The van der Waals surface area contributed by atoms with Crippen LogP contribution in [0.25, 0.3) is 0 Å². The summed E-state index contributed by atoms with van der Waals surface area (Å²) in [7, 11) is 1.50. The van der Waals surface area contributed by atoms with Gasteiger partial charge in [-0.15, -0.1) is 0 Å². The van der Waals surface area contributed by atoms with Crippen LogP contribution in [0.15, 0.2) is 24.3 Å². The quantitative estimate of drug-likeness (QED) is 0.0205. The minimum absolute atomic E-state index is 0.0412. The number of hydrogen-bond donors (Lipinski definition) is 2. The van der Waals surface area contributed by atoms with Gasteiger partial charge in [-0.25, -0.2) is 4.57 Å². The second-order valence-electron chi connectivity index (χ2n) is 20.1. The van der Waals surface area contributed by atoms with Gasteiger partial charge in [-0.05, 0) is 57.4 Å². The molecule has 10 heteroatoms. The fourth-order valence-corrected chi connectivity index (χ4v) is 8.79. The molecule has 65 heavy (non-hydrogen) atoms. The van der Waals surface area contributed by atoms with Gasteiger partial charge in [0.1, 0.15) is 19.3 Å². The van der Waals surface area contributed by atoms with Crippen LogP contribution in [-0.2, 0) is 27.9 Å². The number of quaternary nitrogens is 1. The molecule has 0 fully saturated rings. The van der Waals surface area contributed by atoms with E-state index in [9.17, 15) is 19.0 Å². The molecule has 0 bridgehead atoms. The molecule has 0 heterocycles. The summed E-state index contributed by atoms with van der Waals surface area (Å²) >= 11 is 0. The monoisotopic (exact) mass is 940 g/mol. The largest absolute Gasteiger partial charge is 0.472 e. The third-order valence-corrected chi connectivity index (χ3v) is 13.4. The molecule has 0 aromatic rings. The van der Waals surface area contributed by atoms with E-state index in [1.165, 1.54) is 161 Å². The standard InChI is InChI=1S/C55H107N2O7P/c1-7-10-13-16-19-22-25-28-30-32-35-38-41-44-47-54(58)56-52(51-63-65(60,61)62-50-49-57(4,5)6)53(46-43-40-37-34-31-27-24-21-18-15-12-9-3)64-55(59)48-45-42-39-36-33-29-26-23-20-17-14-11-8-2/h29,33,43,46,52-53H,7-28,30-32,34-42,44-45,47-51H2,1-6H3,(H-,56,58,60,61)/p+1/b33-29-,46-43+. The number of allylic oxidation sites excluding steroid dienone is 3. The number of ether oxygens (including phenoxy) is 1. The number of nitrogens with zero attached hydrogens (tertiary/aromatic N) is 1. The van der Waals surface area contributed by atoms with Crippen LogP contribution in [0.3, 0.4) is 0 Å². The summed E-state index contributed by atoms with van der Waals surface area (Å²) in [5.74, 6) is -0.514. The lowest BCUT2D eigenvalue weighted by molar-refractivity contribution is -0.870. The lowest BCUT2D eigenvalue weighted by Crippen LogP contribution is -2.47. The summed E-state index contributed by atoms with van der Waals surface area (Å²) in [6.07, 6.45) is 51.6. The van der Waals surface area contributed by atoms with Crippen molar-refractivity contribution in [2.24, 2.45) is 0 Å². The van der Waals surface area contributed by atoms with Crippen molar-refractivity contribution in [3.8, 4) is 0 Å². The molecule has 0 aromatic heterocycles. The lowest BCUT2D eigenvalue weighted by Gasteiger charge is -2.27. The van der Waals surface area contributed by atoms with Crippen LogP contribution in [0.4, 0.5) is 0 Å². The summed E-state index contributed by atoms with van der Waals surface area (Å²) in [6, 6.07) is -0.846. The first kappa shape index (κ1) is 63.5. The van der Waals surface area contributed by atoms with E-state index >= 15 is 0 Å². The number of amides is 1. The van der Waals surface area contributed by atoms with Crippen molar-refractivity contribution in [2.45, 2.75) is 277 Å². The number of phosphoric ester groups is 1. The van der Waals surface area contributed by atoms with E-state index in [0.29, 0.717) is 17.4 Å². The number of carbonyl (C=O) groups is 2. The van der Waals surface area contributed by atoms with Gasteiger partial charge in [0.15, 0.2) is 0 Å². The lowest BCUT2D eigenvalue weighted by atomic mass is 10.0. The van der Waals surface area contributed by atoms with Crippen molar-refractivity contribution in [1.82, 2.24) is 5.32 Å². The summed E-state index contributed by atoms with van der Waals surface area (Å²) < 4.78 is 30.5. The number of esters is 1. The predicted molar refractivity (Wildman–Crippen MR) is 277 cm³/mol. The number of carbonyl (C=O) groups excluding carboxylic acids is 2. The molecule has 0 aliphatic rings. The number of unbranched alkanes of at least 4 members (excludes halogenated alkanes) is 32. The number of hydrogen-bond acceptors (Lipinski definition) is 6. The average molecular weight is 940 g/mol. The van der Waals surface area contributed by atoms with Gasteiger partial charge >= 0.3 is 13.8 Å². The van der Waals surface area contributed by atoms with Crippen LogP contribution in [0.2, 0.25) is 0 Å². The van der Waals surface area contributed by atoms with Gasteiger partial charge in [-0.1, -0.05) is 219 Å². The fourth-order valence-electron chi connectivity index (χ4n) is 8.05. The Bertz CT molecular complexity index is 1170. The van der Waals surface area contributed by atoms with Crippen LogP contribution < -0.4 is 5.32 Å². The fraction of sp³-hybridized carbons (Fsp3) is 0.891. The van der Waals surface area contributed by atoms with Gasteiger partial charge in [-0.2, -0.15) is 0 Å². The Morgan fingerprint density at radius 2 is 0.892 bits per heavy atom. The van der Waals surface area contributed by atoms with Gasteiger partial charge in [0.2, 0.25) is 5.91 Å². The number of rotatable bonds is 50. The Balaban J connectivity index is 5.39. The Morgan fingerprint density at radius 1 is 0.523 bits per heavy atom. The summed E-state index contributed by atoms with van der Waals surface area (Å²) in [5.41, 5.74) is 0. The normalized spacial score (nSPS) is 14.0. The maximum absolute atomic E-state index is 13.5. The highest BCUT2D eigenvalue weighted by atomic mass is 31.2. The molecule has 0 aliphatic heterocycles. The highest BCUT2D eigenvalue weighted by Crippen LogP contribution is 2.43. The van der Waals surface area contributed by atoms with Crippen LogP contribution in [-0.4, -0.2) is 74.3 Å².